The largest absolute Gasteiger partial charge is 0.302 e. The minimum atomic E-state index is -0.0657. The lowest BCUT2D eigenvalue weighted by molar-refractivity contribution is 0.399. The topological polar surface area (TPSA) is 24.9 Å². The van der Waals surface area contributed by atoms with E-state index in [1.54, 1.807) is 11.3 Å². The van der Waals surface area contributed by atoms with Gasteiger partial charge in [-0.3, -0.25) is 0 Å². The molecule has 1 aliphatic rings. The highest BCUT2D eigenvalue weighted by Crippen LogP contribution is 2.40. The molecule has 0 bridgehead atoms. The molecule has 2 aromatic rings. The zero-order valence-electron chi connectivity index (χ0n) is 11.5. The summed E-state index contributed by atoms with van der Waals surface area (Å²) in [7, 11) is 0. The van der Waals surface area contributed by atoms with E-state index >= 15 is 0 Å². The van der Waals surface area contributed by atoms with Crippen molar-refractivity contribution >= 4 is 11.3 Å². The Hall–Kier alpha value is -1.19. The van der Waals surface area contributed by atoms with Crippen LogP contribution < -0.4 is 5.32 Å². The summed E-state index contributed by atoms with van der Waals surface area (Å²) in [5.74, 6) is 0.826. The molecular formula is C16H20N2S. The van der Waals surface area contributed by atoms with E-state index in [0.29, 0.717) is 0 Å². The molecule has 1 N–H and O–H groups in total. The highest BCUT2D eigenvalue weighted by Gasteiger charge is 2.24. The molecule has 1 aromatic heterocycles. The van der Waals surface area contributed by atoms with E-state index in [1.165, 1.54) is 24.0 Å². The van der Waals surface area contributed by atoms with Gasteiger partial charge in [0.2, 0.25) is 0 Å². The van der Waals surface area contributed by atoms with Gasteiger partial charge in [-0.25, -0.2) is 4.98 Å². The first-order valence-corrected chi connectivity index (χ1v) is 7.77. The summed E-state index contributed by atoms with van der Waals surface area (Å²) >= 11 is 1.71. The Labute approximate surface area is 118 Å². The molecule has 3 rings (SSSR count). The van der Waals surface area contributed by atoms with Gasteiger partial charge in [-0.2, -0.15) is 0 Å². The van der Waals surface area contributed by atoms with Crippen LogP contribution in [0.5, 0.6) is 0 Å². The Morgan fingerprint density at radius 1 is 1.37 bits per heavy atom. The van der Waals surface area contributed by atoms with Crippen molar-refractivity contribution < 1.29 is 0 Å². The number of aromatic nitrogens is 1. The van der Waals surface area contributed by atoms with Crippen LogP contribution in [0.1, 0.15) is 48.7 Å². The second-order valence-electron chi connectivity index (χ2n) is 5.84. The molecule has 1 fully saturated rings. The summed E-state index contributed by atoms with van der Waals surface area (Å²) in [6, 6.07) is 8.99. The molecule has 0 saturated heterocycles. The lowest BCUT2D eigenvalue weighted by atomic mass is 10.0. The van der Waals surface area contributed by atoms with Gasteiger partial charge in [0.1, 0.15) is 5.01 Å². The number of nitrogens with one attached hydrogen (secondary N) is 1. The average Bonchev–Trinajstić information content (AvgIpc) is 3.11. The monoisotopic (exact) mass is 272 g/mol. The van der Waals surface area contributed by atoms with Crippen molar-refractivity contribution in [2.45, 2.75) is 44.7 Å². The summed E-state index contributed by atoms with van der Waals surface area (Å²) in [6.07, 6.45) is 4.60. The van der Waals surface area contributed by atoms with E-state index < -0.39 is 0 Å². The Balaban J connectivity index is 1.67. The lowest BCUT2D eigenvalue weighted by Crippen LogP contribution is -2.35. The maximum absolute atomic E-state index is 4.41. The number of thiazole rings is 1. The minimum absolute atomic E-state index is 0.0657. The van der Waals surface area contributed by atoms with E-state index in [9.17, 15) is 0 Å². The summed E-state index contributed by atoms with van der Waals surface area (Å²) in [5.41, 5.74) is 2.81. The highest BCUT2D eigenvalue weighted by atomic mass is 32.1. The zero-order valence-corrected chi connectivity index (χ0v) is 12.3. The summed E-state index contributed by atoms with van der Waals surface area (Å²) in [6.45, 7) is 5.28. The van der Waals surface area contributed by atoms with Crippen LogP contribution in [0.2, 0.25) is 0 Å². The van der Waals surface area contributed by atoms with Gasteiger partial charge < -0.3 is 5.32 Å². The number of hydrogen-bond donors (Lipinski definition) is 1. The molecule has 0 radical (unpaired) electrons. The van der Waals surface area contributed by atoms with E-state index in [4.69, 9.17) is 0 Å². The van der Waals surface area contributed by atoms with Gasteiger partial charge in [0, 0.05) is 18.1 Å². The second kappa shape index (κ2) is 5.06. The van der Waals surface area contributed by atoms with Gasteiger partial charge in [-0.15, -0.1) is 11.3 Å². The number of hydrogen-bond acceptors (Lipinski definition) is 3. The Bertz CT molecular complexity index is 542. The summed E-state index contributed by atoms with van der Waals surface area (Å²) < 4.78 is 0. The van der Waals surface area contributed by atoms with Crippen molar-refractivity contribution in [3.63, 3.8) is 0 Å². The van der Waals surface area contributed by atoms with Crippen molar-refractivity contribution in [3.05, 3.63) is 52.0 Å². The molecule has 19 heavy (non-hydrogen) atoms. The van der Waals surface area contributed by atoms with Gasteiger partial charge in [0.15, 0.2) is 0 Å². The smallest absolute Gasteiger partial charge is 0.112 e. The van der Waals surface area contributed by atoms with Gasteiger partial charge in [0.25, 0.3) is 0 Å². The highest BCUT2D eigenvalue weighted by molar-refractivity contribution is 7.09. The van der Waals surface area contributed by atoms with Crippen molar-refractivity contribution in [3.8, 4) is 0 Å². The van der Waals surface area contributed by atoms with E-state index in [1.807, 2.05) is 11.6 Å². The lowest BCUT2D eigenvalue weighted by Gasteiger charge is -2.24. The van der Waals surface area contributed by atoms with Crippen LogP contribution in [0.25, 0.3) is 0 Å². The third-order valence-electron chi connectivity index (χ3n) is 3.70. The SMILES string of the molecule is CC(C)(NCc1cccc(C2CC2)c1)c1nccs1. The van der Waals surface area contributed by atoms with Crippen LogP contribution in [-0.2, 0) is 12.1 Å². The van der Waals surface area contributed by atoms with Gasteiger partial charge in [-0.05, 0) is 43.7 Å². The van der Waals surface area contributed by atoms with Gasteiger partial charge >= 0.3 is 0 Å². The molecule has 100 valence electrons. The molecule has 2 nitrogen and oxygen atoms in total. The predicted octanol–water partition coefficient (Wildman–Crippen LogP) is 4.05. The van der Waals surface area contributed by atoms with Crippen LogP contribution >= 0.6 is 11.3 Å². The second-order valence-corrected chi connectivity index (χ2v) is 6.73. The zero-order chi connectivity index (χ0) is 13.3. The first-order valence-electron chi connectivity index (χ1n) is 6.89. The number of rotatable bonds is 5. The Morgan fingerprint density at radius 3 is 2.89 bits per heavy atom. The van der Waals surface area contributed by atoms with Crippen molar-refractivity contribution in [2.75, 3.05) is 0 Å². The molecule has 3 heteroatoms. The first kappa shape index (κ1) is 12.8. The normalized spacial score (nSPS) is 15.7. The molecule has 0 aliphatic heterocycles. The average molecular weight is 272 g/mol. The van der Waals surface area contributed by atoms with Crippen molar-refractivity contribution in [1.29, 1.82) is 0 Å². The first-order chi connectivity index (χ1) is 9.15. The van der Waals surface area contributed by atoms with E-state index in [0.717, 1.165) is 17.5 Å². The van der Waals surface area contributed by atoms with Gasteiger partial charge in [-0.1, -0.05) is 24.3 Å². The van der Waals surface area contributed by atoms with Crippen molar-refractivity contribution in [2.24, 2.45) is 0 Å². The summed E-state index contributed by atoms with van der Waals surface area (Å²) in [4.78, 5) is 4.41. The van der Waals surface area contributed by atoms with E-state index in [2.05, 4.69) is 48.4 Å². The maximum Gasteiger partial charge on any atom is 0.112 e. The van der Waals surface area contributed by atoms with Crippen LogP contribution in [0, 0.1) is 0 Å². The van der Waals surface area contributed by atoms with Crippen LogP contribution in [-0.4, -0.2) is 4.98 Å². The van der Waals surface area contributed by atoms with Crippen LogP contribution in [0.15, 0.2) is 35.8 Å². The third-order valence-corrected chi connectivity index (χ3v) is 4.80. The minimum Gasteiger partial charge on any atom is -0.302 e. The molecule has 1 heterocycles. The maximum atomic E-state index is 4.41. The fourth-order valence-corrected chi connectivity index (χ4v) is 3.04. The fraction of sp³-hybridized carbons (Fsp3) is 0.438. The van der Waals surface area contributed by atoms with Crippen molar-refractivity contribution in [1.82, 2.24) is 10.3 Å². The fourth-order valence-electron chi connectivity index (χ4n) is 2.30. The van der Waals surface area contributed by atoms with E-state index in [-0.39, 0.29) is 5.54 Å². The Kier molecular flexibility index (Phi) is 3.42. The third kappa shape index (κ3) is 3.04. The Morgan fingerprint density at radius 2 is 2.21 bits per heavy atom. The standard InChI is InChI=1S/C16H20N2S/c1-16(2,15-17-8-9-19-15)18-11-12-4-3-5-14(10-12)13-6-7-13/h3-5,8-10,13,18H,6-7,11H2,1-2H3. The summed E-state index contributed by atoms with van der Waals surface area (Å²) in [5, 5.41) is 6.79. The number of nitrogens with zero attached hydrogens (tertiary/aromatic N) is 1. The molecule has 0 atom stereocenters. The molecular weight excluding hydrogens is 252 g/mol. The molecule has 0 unspecified atom stereocenters. The molecule has 1 saturated carbocycles. The molecule has 0 amide bonds. The van der Waals surface area contributed by atoms with Gasteiger partial charge in [0.05, 0.1) is 5.54 Å². The predicted molar refractivity (Wildman–Crippen MR) is 80.4 cm³/mol. The van der Waals surface area contributed by atoms with Crippen LogP contribution in [0.3, 0.4) is 0 Å². The number of benzene rings is 1. The van der Waals surface area contributed by atoms with Crippen LogP contribution in [0.4, 0.5) is 0 Å². The molecule has 1 aliphatic carbocycles. The molecule has 1 aromatic carbocycles. The molecule has 0 spiro atoms. The quantitative estimate of drug-likeness (QED) is 0.888.